The first-order valence-corrected chi connectivity index (χ1v) is 11.7. The molecule has 32 heavy (non-hydrogen) atoms. The summed E-state index contributed by atoms with van der Waals surface area (Å²) in [6.07, 6.45) is 0. The largest absolute Gasteiger partial charge is 0.135 e. The lowest BCUT2D eigenvalue weighted by molar-refractivity contribution is 1.71. The third kappa shape index (κ3) is 2.54. The van der Waals surface area contributed by atoms with E-state index in [0.717, 1.165) is 30.9 Å². The zero-order valence-electron chi connectivity index (χ0n) is 24.5. The Hall–Kier alpha value is -3.20. The number of thiophene rings is 1. The van der Waals surface area contributed by atoms with E-state index in [-0.39, 0.29) is 50.2 Å². The summed E-state index contributed by atoms with van der Waals surface area (Å²) in [5, 5.41) is 5.08. The number of hydrogen-bond acceptors (Lipinski definition) is 1. The van der Waals surface area contributed by atoms with Crippen LogP contribution in [0.25, 0.3) is 63.6 Å². The van der Waals surface area contributed by atoms with Gasteiger partial charge in [0, 0.05) is 24.6 Å². The van der Waals surface area contributed by atoms with E-state index in [0.29, 0.717) is 11.1 Å². The van der Waals surface area contributed by atoms with Gasteiger partial charge in [-0.05, 0) is 71.5 Å². The van der Waals surface area contributed by atoms with E-state index in [9.17, 15) is 0 Å². The molecule has 0 saturated carbocycles. The normalized spacial score (nSPS) is 15.4. The Balaban J connectivity index is 1.72. The summed E-state index contributed by atoms with van der Waals surface area (Å²) in [5.74, 6) is 0. The molecular formula is C30H17BrS. The summed E-state index contributed by atoms with van der Waals surface area (Å²) in [6.45, 7) is 0. The van der Waals surface area contributed by atoms with Crippen molar-refractivity contribution in [2.45, 2.75) is 0 Å². The first-order chi connectivity index (χ1) is 19.1. The summed E-state index contributed by atoms with van der Waals surface area (Å²) in [6, 6.07) is 15.5. The fourth-order valence-electron chi connectivity index (χ4n) is 4.53. The smallest absolute Gasteiger partial charge is 0.0630 e. The molecule has 0 unspecified atom stereocenters. The topological polar surface area (TPSA) is 0 Å². The molecule has 1 heterocycles. The SMILES string of the molecule is [2H]c1c([2H])c([2H])c2c(-c3ccc4sc5c6ccccc6ccc5c4c3)c3c([2H])c([2H])c([2H])c([2H])c3c(Br)c2c1[2H]. The maximum absolute atomic E-state index is 8.86. The van der Waals surface area contributed by atoms with Crippen molar-refractivity contribution in [1.82, 2.24) is 0 Å². The molecule has 2 heteroatoms. The average Bonchev–Trinajstić information content (AvgIpc) is 3.34. The predicted molar refractivity (Wildman–Crippen MR) is 145 cm³/mol. The fraction of sp³-hybridized carbons (Fsp3) is 0. The molecule has 7 rings (SSSR count). The van der Waals surface area contributed by atoms with E-state index in [1.807, 2.05) is 30.3 Å². The van der Waals surface area contributed by atoms with Crippen molar-refractivity contribution in [3.63, 3.8) is 0 Å². The zero-order chi connectivity index (χ0) is 28.2. The lowest BCUT2D eigenvalue weighted by Crippen LogP contribution is -1.87. The van der Waals surface area contributed by atoms with Gasteiger partial charge in [-0.1, -0.05) is 90.8 Å². The Morgan fingerprint density at radius 3 is 2.06 bits per heavy atom. The monoisotopic (exact) mass is 496 g/mol. The van der Waals surface area contributed by atoms with Gasteiger partial charge >= 0.3 is 0 Å². The molecule has 7 aromatic rings. The first kappa shape index (κ1) is 12.2. The van der Waals surface area contributed by atoms with Gasteiger partial charge in [0.1, 0.15) is 0 Å². The summed E-state index contributed by atoms with van der Waals surface area (Å²) in [4.78, 5) is 0. The van der Waals surface area contributed by atoms with E-state index in [1.54, 1.807) is 11.3 Å². The molecule has 1 aromatic heterocycles. The maximum atomic E-state index is 8.86. The molecule has 0 spiro atoms. The minimum absolute atomic E-state index is 0.180. The Labute approximate surface area is 209 Å². The Bertz CT molecular complexity index is 2190. The Kier molecular flexibility index (Phi) is 2.62. The molecule has 0 amide bonds. The second kappa shape index (κ2) is 6.90. The summed E-state index contributed by atoms with van der Waals surface area (Å²) in [5.41, 5.74) is 0.965. The van der Waals surface area contributed by atoms with E-state index in [1.165, 1.54) is 0 Å². The lowest BCUT2D eigenvalue weighted by Gasteiger charge is -2.14. The quantitative estimate of drug-likeness (QED) is 0.198. The van der Waals surface area contributed by atoms with Gasteiger partial charge in [-0.3, -0.25) is 0 Å². The van der Waals surface area contributed by atoms with Crippen molar-refractivity contribution in [3.05, 3.63) is 107 Å². The van der Waals surface area contributed by atoms with Gasteiger partial charge in [-0.2, -0.15) is 0 Å². The highest BCUT2D eigenvalue weighted by molar-refractivity contribution is 9.10. The van der Waals surface area contributed by atoms with Crippen molar-refractivity contribution in [2.24, 2.45) is 0 Å². The molecule has 0 aliphatic heterocycles. The Morgan fingerprint density at radius 2 is 1.31 bits per heavy atom. The molecule has 0 radical (unpaired) electrons. The number of hydrogen-bond donors (Lipinski definition) is 0. The van der Waals surface area contributed by atoms with Crippen LogP contribution in [0.2, 0.25) is 0 Å². The second-order valence-electron chi connectivity index (χ2n) is 7.67. The molecule has 6 aromatic carbocycles. The van der Waals surface area contributed by atoms with Crippen LogP contribution < -0.4 is 0 Å². The highest BCUT2D eigenvalue weighted by atomic mass is 79.9. The van der Waals surface area contributed by atoms with Crippen LogP contribution in [0.5, 0.6) is 0 Å². The van der Waals surface area contributed by atoms with Gasteiger partial charge in [0.25, 0.3) is 0 Å². The maximum Gasteiger partial charge on any atom is 0.0630 e. The van der Waals surface area contributed by atoms with Gasteiger partial charge in [-0.25, -0.2) is 0 Å². The van der Waals surface area contributed by atoms with Gasteiger partial charge in [0.15, 0.2) is 0 Å². The molecule has 0 bridgehead atoms. The summed E-state index contributed by atoms with van der Waals surface area (Å²) in [7, 11) is 0. The average molecular weight is 497 g/mol. The third-order valence-electron chi connectivity index (χ3n) is 5.96. The van der Waals surface area contributed by atoms with Crippen LogP contribution in [0.15, 0.2) is 107 Å². The summed E-state index contributed by atoms with van der Waals surface area (Å²) < 4.78 is 70.9. The van der Waals surface area contributed by atoms with Gasteiger partial charge in [0.05, 0.1) is 11.0 Å². The fourth-order valence-corrected chi connectivity index (χ4v) is 6.34. The predicted octanol–water partition coefficient (Wildman–Crippen LogP) is 9.94. The molecule has 0 aliphatic carbocycles. The molecule has 150 valence electrons. The van der Waals surface area contributed by atoms with Crippen molar-refractivity contribution >= 4 is 79.8 Å². The molecule has 0 saturated heterocycles. The zero-order valence-corrected chi connectivity index (χ0v) is 18.9. The number of rotatable bonds is 1. The standard InChI is InChI=1S/C30H17BrS/c31-29-23-11-5-3-9-21(23)28(22-10-4-6-12-24(22)29)19-14-16-27-26(17-19)25-15-13-18-7-1-2-8-20(18)30(25)32-27/h1-17H/i3D,4D,5D,6D,9D,10D,11D,12D. The van der Waals surface area contributed by atoms with Crippen LogP contribution in [0.3, 0.4) is 0 Å². The first-order valence-electron chi connectivity index (χ1n) is 14.1. The molecule has 0 nitrogen and oxygen atoms in total. The van der Waals surface area contributed by atoms with Gasteiger partial charge in [0.2, 0.25) is 0 Å². The van der Waals surface area contributed by atoms with Crippen LogP contribution in [0.1, 0.15) is 11.0 Å². The minimum atomic E-state index is -0.407. The molecule has 0 atom stereocenters. The van der Waals surface area contributed by atoms with Crippen molar-refractivity contribution in [2.75, 3.05) is 0 Å². The summed E-state index contributed by atoms with van der Waals surface area (Å²) >= 11 is 5.15. The Morgan fingerprint density at radius 1 is 0.625 bits per heavy atom. The van der Waals surface area contributed by atoms with E-state index in [2.05, 4.69) is 40.2 Å². The molecular weight excluding hydrogens is 472 g/mol. The highest BCUT2D eigenvalue weighted by Crippen LogP contribution is 2.44. The minimum Gasteiger partial charge on any atom is -0.135 e. The number of halogens is 1. The van der Waals surface area contributed by atoms with Crippen LogP contribution in [0, 0.1) is 0 Å². The van der Waals surface area contributed by atoms with Crippen LogP contribution in [-0.4, -0.2) is 0 Å². The van der Waals surface area contributed by atoms with Crippen molar-refractivity contribution < 1.29 is 11.0 Å². The van der Waals surface area contributed by atoms with E-state index in [4.69, 9.17) is 11.0 Å². The van der Waals surface area contributed by atoms with Crippen molar-refractivity contribution in [1.29, 1.82) is 0 Å². The van der Waals surface area contributed by atoms with E-state index < -0.39 is 24.2 Å². The molecule has 0 N–H and O–H groups in total. The highest BCUT2D eigenvalue weighted by Gasteiger charge is 2.15. The van der Waals surface area contributed by atoms with Crippen molar-refractivity contribution in [3.8, 4) is 11.1 Å². The lowest BCUT2D eigenvalue weighted by atomic mass is 9.91. The third-order valence-corrected chi connectivity index (χ3v) is 7.98. The van der Waals surface area contributed by atoms with Crippen LogP contribution >= 0.6 is 27.3 Å². The van der Waals surface area contributed by atoms with E-state index >= 15 is 0 Å². The van der Waals surface area contributed by atoms with Crippen LogP contribution in [0.4, 0.5) is 0 Å². The van der Waals surface area contributed by atoms with Gasteiger partial charge in [-0.15, -0.1) is 11.3 Å². The molecule has 0 fully saturated rings. The second-order valence-corrected chi connectivity index (χ2v) is 9.51. The molecule has 0 aliphatic rings. The van der Waals surface area contributed by atoms with Crippen LogP contribution in [-0.2, 0) is 0 Å². The number of benzene rings is 6. The number of fused-ring (bicyclic) bond motifs is 7. The van der Waals surface area contributed by atoms with Gasteiger partial charge < -0.3 is 0 Å².